The Balaban J connectivity index is 0.00000220. The lowest BCUT2D eigenvalue weighted by Crippen LogP contribution is -2.54. The third-order valence-corrected chi connectivity index (χ3v) is 5.05. The van der Waals surface area contributed by atoms with Crippen LogP contribution < -0.4 is 19.9 Å². The fourth-order valence-corrected chi connectivity index (χ4v) is 3.44. The predicted octanol–water partition coefficient (Wildman–Crippen LogP) is 1.29. The quantitative estimate of drug-likeness (QED) is 0.816. The SMILES string of the molecule is COc1ccc(OC)c(S(=O)(=O)NCC2(N)CCC2)c1.Cl. The lowest BCUT2D eigenvalue weighted by Gasteiger charge is -2.38. The summed E-state index contributed by atoms with van der Waals surface area (Å²) in [5, 5.41) is 0. The molecule has 0 amide bonds. The van der Waals surface area contributed by atoms with Crippen LogP contribution in [0.4, 0.5) is 0 Å². The molecule has 0 aromatic heterocycles. The molecule has 6 nitrogen and oxygen atoms in total. The van der Waals surface area contributed by atoms with Crippen molar-refractivity contribution in [3.8, 4) is 11.5 Å². The maximum Gasteiger partial charge on any atom is 0.244 e. The number of ether oxygens (including phenoxy) is 2. The van der Waals surface area contributed by atoms with Crippen molar-refractivity contribution < 1.29 is 17.9 Å². The third-order valence-electron chi connectivity index (χ3n) is 3.62. The molecule has 1 aliphatic rings. The second kappa shape index (κ2) is 6.83. The Morgan fingerprint density at radius 1 is 1.29 bits per heavy atom. The third kappa shape index (κ3) is 4.00. The molecule has 3 N–H and O–H groups in total. The number of hydrogen-bond donors (Lipinski definition) is 2. The van der Waals surface area contributed by atoms with Crippen LogP contribution >= 0.6 is 12.4 Å². The predicted molar refractivity (Wildman–Crippen MR) is 82.8 cm³/mol. The number of sulfonamides is 1. The van der Waals surface area contributed by atoms with Gasteiger partial charge in [0.15, 0.2) is 0 Å². The Labute approximate surface area is 131 Å². The van der Waals surface area contributed by atoms with E-state index in [0.29, 0.717) is 5.75 Å². The summed E-state index contributed by atoms with van der Waals surface area (Å²) in [6.45, 7) is 0.232. The van der Waals surface area contributed by atoms with Crippen molar-refractivity contribution in [3.05, 3.63) is 18.2 Å². The molecule has 0 radical (unpaired) electrons. The van der Waals surface area contributed by atoms with Gasteiger partial charge in [0.05, 0.1) is 14.2 Å². The average Bonchev–Trinajstić information content (AvgIpc) is 2.42. The molecule has 0 bridgehead atoms. The van der Waals surface area contributed by atoms with Crippen LogP contribution in [-0.4, -0.2) is 34.7 Å². The zero-order valence-corrected chi connectivity index (χ0v) is 13.7. The lowest BCUT2D eigenvalue weighted by atomic mass is 9.78. The molecule has 1 aromatic rings. The summed E-state index contributed by atoms with van der Waals surface area (Å²) < 4.78 is 37.4. The van der Waals surface area contributed by atoms with Gasteiger partial charge in [-0.25, -0.2) is 13.1 Å². The topological polar surface area (TPSA) is 90.6 Å². The van der Waals surface area contributed by atoms with E-state index in [1.165, 1.54) is 20.3 Å². The summed E-state index contributed by atoms with van der Waals surface area (Å²) in [4.78, 5) is 0.0577. The number of benzene rings is 1. The van der Waals surface area contributed by atoms with E-state index in [0.717, 1.165) is 19.3 Å². The van der Waals surface area contributed by atoms with Gasteiger partial charge in [0, 0.05) is 18.2 Å². The van der Waals surface area contributed by atoms with Gasteiger partial charge in [0.25, 0.3) is 0 Å². The van der Waals surface area contributed by atoms with Gasteiger partial charge in [-0.05, 0) is 31.4 Å². The van der Waals surface area contributed by atoms with Gasteiger partial charge in [-0.15, -0.1) is 12.4 Å². The van der Waals surface area contributed by atoms with Crippen LogP contribution in [0.3, 0.4) is 0 Å². The molecule has 1 saturated carbocycles. The summed E-state index contributed by atoms with van der Waals surface area (Å²) >= 11 is 0. The lowest BCUT2D eigenvalue weighted by molar-refractivity contribution is 0.251. The first-order valence-corrected chi connectivity index (χ1v) is 7.89. The smallest absolute Gasteiger partial charge is 0.244 e. The van der Waals surface area contributed by atoms with Crippen molar-refractivity contribution in [3.63, 3.8) is 0 Å². The van der Waals surface area contributed by atoms with Crippen LogP contribution in [0.5, 0.6) is 11.5 Å². The number of nitrogens with two attached hydrogens (primary N) is 1. The monoisotopic (exact) mass is 336 g/mol. The first kappa shape index (κ1) is 18.0. The van der Waals surface area contributed by atoms with Gasteiger partial charge in [-0.2, -0.15) is 0 Å². The molecule has 1 aliphatic carbocycles. The molecular formula is C13H21ClN2O4S. The van der Waals surface area contributed by atoms with Gasteiger partial charge in [0.2, 0.25) is 10.0 Å². The summed E-state index contributed by atoms with van der Waals surface area (Å²) in [6, 6.07) is 4.65. The Hall–Kier alpha value is -1.02. The normalized spacial score (nSPS) is 16.5. The first-order valence-electron chi connectivity index (χ1n) is 6.41. The van der Waals surface area contributed by atoms with Crippen LogP contribution in [0, 0.1) is 0 Å². The van der Waals surface area contributed by atoms with E-state index >= 15 is 0 Å². The van der Waals surface area contributed by atoms with Crippen molar-refractivity contribution in [2.75, 3.05) is 20.8 Å². The number of rotatable bonds is 6. The van der Waals surface area contributed by atoms with Crippen LogP contribution in [0.2, 0.25) is 0 Å². The highest BCUT2D eigenvalue weighted by molar-refractivity contribution is 7.89. The molecule has 0 atom stereocenters. The van der Waals surface area contributed by atoms with Gasteiger partial charge in [-0.1, -0.05) is 0 Å². The minimum atomic E-state index is -3.68. The van der Waals surface area contributed by atoms with Crippen molar-refractivity contribution in [1.82, 2.24) is 4.72 Å². The van der Waals surface area contributed by atoms with Crippen LogP contribution in [0.25, 0.3) is 0 Å². The fraction of sp³-hybridized carbons (Fsp3) is 0.538. The van der Waals surface area contributed by atoms with E-state index in [4.69, 9.17) is 15.2 Å². The molecule has 0 spiro atoms. The molecule has 0 heterocycles. The minimum Gasteiger partial charge on any atom is -0.497 e. The molecule has 0 unspecified atom stereocenters. The van der Waals surface area contributed by atoms with Gasteiger partial charge < -0.3 is 15.2 Å². The van der Waals surface area contributed by atoms with E-state index in [1.54, 1.807) is 12.1 Å². The average molecular weight is 337 g/mol. The molecule has 0 saturated heterocycles. The first-order chi connectivity index (χ1) is 9.40. The zero-order valence-electron chi connectivity index (χ0n) is 12.1. The van der Waals surface area contributed by atoms with Crippen molar-refractivity contribution in [1.29, 1.82) is 0 Å². The summed E-state index contributed by atoms with van der Waals surface area (Å²) in [6.07, 6.45) is 2.72. The fourth-order valence-electron chi connectivity index (χ4n) is 2.12. The minimum absolute atomic E-state index is 0. The summed E-state index contributed by atoms with van der Waals surface area (Å²) in [7, 11) is -0.771. The van der Waals surface area contributed by atoms with Gasteiger partial charge >= 0.3 is 0 Å². The highest BCUT2D eigenvalue weighted by Crippen LogP contribution is 2.31. The number of hydrogen-bond acceptors (Lipinski definition) is 5. The standard InChI is InChI=1S/C13H20N2O4S.ClH/c1-18-10-4-5-11(19-2)12(8-10)20(16,17)15-9-13(14)6-3-7-13;/h4-5,8,15H,3,6-7,9,14H2,1-2H3;1H. The van der Waals surface area contributed by atoms with Gasteiger partial charge in [0.1, 0.15) is 16.4 Å². The Kier molecular flexibility index (Phi) is 5.86. The van der Waals surface area contributed by atoms with Crippen molar-refractivity contribution in [2.24, 2.45) is 5.73 Å². The molecule has 2 rings (SSSR count). The summed E-state index contributed by atoms with van der Waals surface area (Å²) in [5.41, 5.74) is 5.61. The van der Waals surface area contributed by atoms with E-state index < -0.39 is 15.6 Å². The maximum absolute atomic E-state index is 12.4. The van der Waals surface area contributed by atoms with Crippen molar-refractivity contribution >= 4 is 22.4 Å². The number of halogens is 1. The zero-order chi connectivity index (χ0) is 14.8. The largest absolute Gasteiger partial charge is 0.497 e. The second-order valence-corrected chi connectivity index (χ2v) is 6.79. The summed E-state index contributed by atoms with van der Waals surface area (Å²) in [5.74, 6) is 0.732. The highest BCUT2D eigenvalue weighted by Gasteiger charge is 2.34. The number of methoxy groups -OCH3 is 2. The second-order valence-electron chi connectivity index (χ2n) is 5.06. The molecule has 21 heavy (non-hydrogen) atoms. The number of nitrogens with one attached hydrogen (secondary N) is 1. The molecule has 120 valence electrons. The van der Waals surface area contributed by atoms with Crippen LogP contribution in [-0.2, 0) is 10.0 Å². The molecule has 1 fully saturated rings. The van der Waals surface area contributed by atoms with E-state index in [-0.39, 0.29) is 29.6 Å². The van der Waals surface area contributed by atoms with E-state index in [2.05, 4.69) is 4.72 Å². The molecular weight excluding hydrogens is 316 g/mol. The highest BCUT2D eigenvalue weighted by atomic mass is 35.5. The van der Waals surface area contributed by atoms with Gasteiger partial charge in [-0.3, -0.25) is 0 Å². The molecule has 0 aliphatic heterocycles. The Bertz CT molecular complexity index is 588. The Morgan fingerprint density at radius 2 is 1.95 bits per heavy atom. The van der Waals surface area contributed by atoms with E-state index in [9.17, 15) is 8.42 Å². The maximum atomic E-state index is 12.4. The van der Waals surface area contributed by atoms with E-state index in [1.807, 2.05) is 0 Å². The molecule has 1 aromatic carbocycles. The molecule has 8 heteroatoms. The van der Waals surface area contributed by atoms with Crippen molar-refractivity contribution in [2.45, 2.75) is 29.7 Å². The van der Waals surface area contributed by atoms with Crippen LogP contribution in [0.15, 0.2) is 23.1 Å². The van der Waals surface area contributed by atoms with Crippen LogP contribution in [0.1, 0.15) is 19.3 Å². The Morgan fingerprint density at radius 3 is 2.43 bits per heavy atom.